The summed E-state index contributed by atoms with van der Waals surface area (Å²) in [6.45, 7) is 6.30. The molecule has 5 heteroatoms. The molecule has 0 aromatic carbocycles. The van der Waals surface area contributed by atoms with Crippen LogP contribution in [-0.4, -0.2) is 20.5 Å². The zero-order valence-corrected chi connectivity index (χ0v) is 13.7. The van der Waals surface area contributed by atoms with Gasteiger partial charge in [-0.15, -0.1) is 0 Å². The Balaban J connectivity index is 2.07. The van der Waals surface area contributed by atoms with Crippen LogP contribution in [0.15, 0.2) is 12.4 Å². The topological polar surface area (TPSA) is 76.7 Å². The van der Waals surface area contributed by atoms with E-state index in [2.05, 4.69) is 36.1 Å². The molecule has 1 fully saturated rings. The first-order valence-electron chi connectivity index (χ1n) is 8.13. The van der Waals surface area contributed by atoms with Crippen molar-refractivity contribution in [2.75, 3.05) is 11.1 Å². The minimum absolute atomic E-state index is 0.0722. The van der Waals surface area contributed by atoms with Crippen molar-refractivity contribution in [3.05, 3.63) is 18.0 Å². The second-order valence-corrected chi connectivity index (χ2v) is 7.26. The molecule has 22 heavy (non-hydrogen) atoms. The Morgan fingerprint density at radius 1 is 1.09 bits per heavy atom. The summed E-state index contributed by atoms with van der Waals surface area (Å²) in [6, 6.07) is 0. The van der Waals surface area contributed by atoms with Crippen LogP contribution in [0.2, 0.25) is 0 Å². The Bertz CT molecular complexity index is 669. The molecule has 0 bridgehead atoms. The van der Waals surface area contributed by atoms with E-state index in [4.69, 9.17) is 10.7 Å². The van der Waals surface area contributed by atoms with Gasteiger partial charge in [0.05, 0.1) is 10.9 Å². The summed E-state index contributed by atoms with van der Waals surface area (Å²) in [5, 5.41) is 4.20. The van der Waals surface area contributed by atoms with Gasteiger partial charge in [0.25, 0.3) is 0 Å². The van der Waals surface area contributed by atoms with Gasteiger partial charge in [0.15, 0.2) is 0 Å². The minimum atomic E-state index is -0.0722. The van der Waals surface area contributed by atoms with Gasteiger partial charge in [0.2, 0.25) is 5.95 Å². The van der Waals surface area contributed by atoms with Crippen molar-refractivity contribution in [2.24, 2.45) is 0 Å². The number of fused-ring (bicyclic) bond motifs is 1. The summed E-state index contributed by atoms with van der Waals surface area (Å²) in [5.41, 5.74) is 8.13. The van der Waals surface area contributed by atoms with E-state index in [0.717, 1.165) is 10.9 Å². The number of pyridine rings is 1. The number of anilines is 2. The Kier molecular flexibility index (Phi) is 3.89. The van der Waals surface area contributed by atoms with Gasteiger partial charge in [-0.1, -0.05) is 19.3 Å². The number of hydrogen-bond donors (Lipinski definition) is 2. The fourth-order valence-corrected chi connectivity index (χ4v) is 3.17. The van der Waals surface area contributed by atoms with E-state index in [9.17, 15) is 0 Å². The van der Waals surface area contributed by atoms with Crippen molar-refractivity contribution in [2.45, 2.75) is 64.3 Å². The van der Waals surface area contributed by atoms with Crippen LogP contribution in [0.4, 0.5) is 11.8 Å². The lowest BCUT2D eigenvalue weighted by atomic mass is 9.84. The Hall–Kier alpha value is -1.91. The van der Waals surface area contributed by atoms with Gasteiger partial charge >= 0.3 is 0 Å². The van der Waals surface area contributed by atoms with E-state index in [-0.39, 0.29) is 5.54 Å². The molecule has 1 aliphatic carbocycles. The number of rotatable bonds is 2. The lowest BCUT2D eigenvalue weighted by molar-refractivity contribution is 0.444. The number of nitrogen functional groups attached to an aromatic ring is 1. The zero-order chi connectivity index (χ0) is 15.7. The first-order valence-corrected chi connectivity index (χ1v) is 8.13. The molecular weight excluding hydrogens is 274 g/mol. The number of nitrogens with one attached hydrogen (secondary N) is 1. The molecule has 5 nitrogen and oxygen atoms in total. The highest BCUT2D eigenvalue weighted by Crippen LogP contribution is 2.36. The van der Waals surface area contributed by atoms with E-state index in [0.29, 0.717) is 17.7 Å². The fraction of sp³-hybridized carbons (Fsp3) is 0.588. The van der Waals surface area contributed by atoms with Crippen LogP contribution in [0.25, 0.3) is 10.9 Å². The highest BCUT2D eigenvalue weighted by molar-refractivity contribution is 5.90. The molecule has 0 amide bonds. The van der Waals surface area contributed by atoms with Crippen LogP contribution in [0.1, 0.15) is 64.4 Å². The third-order valence-electron chi connectivity index (χ3n) is 4.21. The van der Waals surface area contributed by atoms with Gasteiger partial charge in [-0.25, -0.2) is 15.0 Å². The van der Waals surface area contributed by atoms with E-state index in [1.807, 2.05) is 6.20 Å². The van der Waals surface area contributed by atoms with Crippen LogP contribution in [0, 0.1) is 0 Å². The maximum atomic E-state index is 6.02. The second kappa shape index (κ2) is 5.71. The van der Waals surface area contributed by atoms with Crippen molar-refractivity contribution in [3.8, 4) is 0 Å². The SMILES string of the molecule is CC(C)(C)Nc1ncc2c(N)ncc(C3CCCCC3)c2n1. The van der Waals surface area contributed by atoms with E-state index in [1.165, 1.54) is 37.7 Å². The minimum Gasteiger partial charge on any atom is -0.383 e. The summed E-state index contributed by atoms with van der Waals surface area (Å²) in [5.74, 6) is 1.71. The molecule has 0 aliphatic heterocycles. The van der Waals surface area contributed by atoms with Crippen molar-refractivity contribution < 1.29 is 0 Å². The van der Waals surface area contributed by atoms with Crippen LogP contribution < -0.4 is 11.1 Å². The average molecular weight is 299 g/mol. The first kappa shape index (κ1) is 15.0. The Morgan fingerprint density at radius 2 is 1.82 bits per heavy atom. The molecule has 2 aromatic heterocycles. The standard InChI is InChI=1S/C17H25N5/c1-17(2,3)22-16-20-10-13-14(21-16)12(9-19-15(13)18)11-7-5-4-6-8-11/h9-11H,4-8H2,1-3H3,(H2,18,19)(H,20,21,22). The van der Waals surface area contributed by atoms with Gasteiger partial charge in [-0.2, -0.15) is 0 Å². The van der Waals surface area contributed by atoms with Gasteiger partial charge in [0, 0.05) is 23.5 Å². The van der Waals surface area contributed by atoms with Crippen LogP contribution in [0.5, 0.6) is 0 Å². The van der Waals surface area contributed by atoms with Gasteiger partial charge in [-0.05, 0) is 39.5 Å². The summed E-state index contributed by atoms with van der Waals surface area (Å²) in [4.78, 5) is 13.5. The predicted molar refractivity (Wildman–Crippen MR) is 90.9 cm³/mol. The second-order valence-electron chi connectivity index (χ2n) is 7.26. The van der Waals surface area contributed by atoms with Gasteiger partial charge in [0.1, 0.15) is 5.82 Å². The average Bonchev–Trinajstić information content (AvgIpc) is 2.47. The number of aromatic nitrogens is 3. The normalized spacial score (nSPS) is 16.9. The monoisotopic (exact) mass is 299 g/mol. The lowest BCUT2D eigenvalue weighted by Gasteiger charge is -2.24. The molecule has 0 saturated heterocycles. The van der Waals surface area contributed by atoms with E-state index in [1.54, 1.807) is 6.20 Å². The molecule has 3 rings (SSSR count). The summed E-state index contributed by atoms with van der Waals surface area (Å²) < 4.78 is 0. The molecule has 2 heterocycles. The number of hydrogen-bond acceptors (Lipinski definition) is 5. The molecule has 1 aliphatic rings. The molecular formula is C17H25N5. The molecule has 0 spiro atoms. The highest BCUT2D eigenvalue weighted by Gasteiger charge is 2.21. The van der Waals surface area contributed by atoms with Crippen molar-refractivity contribution in [3.63, 3.8) is 0 Å². The van der Waals surface area contributed by atoms with E-state index < -0.39 is 0 Å². The first-order chi connectivity index (χ1) is 10.4. The maximum absolute atomic E-state index is 6.02. The summed E-state index contributed by atoms with van der Waals surface area (Å²) >= 11 is 0. The summed E-state index contributed by atoms with van der Waals surface area (Å²) in [6.07, 6.45) is 10.1. The van der Waals surface area contributed by atoms with E-state index >= 15 is 0 Å². The third kappa shape index (κ3) is 3.13. The number of nitrogens with two attached hydrogens (primary N) is 1. The van der Waals surface area contributed by atoms with Crippen molar-refractivity contribution >= 4 is 22.7 Å². The smallest absolute Gasteiger partial charge is 0.223 e. The van der Waals surface area contributed by atoms with Gasteiger partial charge in [-0.3, -0.25) is 0 Å². The third-order valence-corrected chi connectivity index (χ3v) is 4.21. The molecule has 0 atom stereocenters. The molecule has 1 saturated carbocycles. The maximum Gasteiger partial charge on any atom is 0.223 e. The molecule has 0 unspecified atom stereocenters. The van der Waals surface area contributed by atoms with Crippen LogP contribution >= 0.6 is 0 Å². The van der Waals surface area contributed by atoms with Crippen LogP contribution in [0.3, 0.4) is 0 Å². The predicted octanol–water partition coefficient (Wildman–Crippen LogP) is 3.87. The lowest BCUT2D eigenvalue weighted by Crippen LogP contribution is -2.27. The molecule has 3 N–H and O–H groups in total. The Morgan fingerprint density at radius 3 is 2.50 bits per heavy atom. The number of nitrogens with zero attached hydrogens (tertiary/aromatic N) is 3. The van der Waals surface area contributed by atoms with Gasteiger partial charge < -0.3 is 11.1 Å². The van der Waals surface area contributed by atoms with Crippen molar-refractivity contribution in [1.82, 2.24) is 15.0 Å². The highest BCUT2D eigenvalue weighted by atomic mass is 15.1. The summed E-state index contributed by atoms with van der Waals surface area (Å²) in [7, 11) is 0. The Labute approximate surface area is 131 Å². The largest absolute Gasteiger partial charge is 0.383 e. The molecule has 2 aromatic rings. The fourth-order valence-electron chi connectivity index (χ4n) is 3.17. The van der Waals surface area contributed by atoms with Crippen LogP contribution in [-0.2, 0) is 0 Å². The molecule has 0 radical (unpaired) electrons. The van der Waals surface area contributed by atoms with Crippen molar-refractivity contribution in [1.29, 1.82) is 0 Å². The molecule has 118 valence electrons. The quantitative estimate of drug-likeness (QED) is 0.880. The zero-order valence-electron chi connectivity index (χ0n) is 13.7.